The van der Waals surface area contributed by atoms with Crippen LogP contribution in [-0.2, 0) is 0 Å². The summed E-state index contributed by atoms with van der Waals surface area (Å²) in [5.41, 5.74) is 2.09. The van der Waals surface area contributed by atoms with E-state index in [1.807, 2.05) is 25.1 Å². The molecule has 0 spiro atoms. The fourth-order valence-electron chi connectivity index (χ4n) is 2.14. The van der Waals surface area contributed by atoms with Crippen LogP contribution in [0.15, 0.2) is 48.5 Å². The van der Waals surface area contributed by atoms with Crippen LogP contribution in [0.5, 0.6) is 5.75 Å². The number of carbonyl (C=O) groups is 2. The zero-order valence-corrected chi connectivity index (χ0v) is 13.3. The minimum Gasteiger partial charge on any atom is -0.497 e. The van der Waals surface area contributed by atoms with E-state index in [9.17, 15) is 9.59 Å². The first-order chi connectivity index (χ1) is 11.1. The van der Waals surface area contributed by atoms with E-state index in [-0.39, 0.29) is 11.8 Å². The number of ether oxygens (including phenoxy) is 1. The number of hydrogen-bond acceptors (Lipinski definition) is 3. The van der Waals surface area contributed by atoms with Gasteiger partial charge >= 0.3 is 0 Å². The minimum absolute atomic E-state index is 0.140. The van der Waals surface area contributed by atoms with E-state index >= 15 is 0 Å². The summed E-state index contributed by atoms with van der Waals surface area (Å²) >= 11 is 0. The maximum atomic E-state index is 12.0. The average molecular weight is 312 g/mol. The van der Waals surface area contributed by atoms with Crippen molar-refractivity contribution < 1.29 is 14.3 Å². The summed E-state index contributed by atoms with van der Waals surface area (Å²) in [7, 11) is 1.55. The Hall–Kier alpha value is -2.82. The molecule has 0 aliphatic rings. The van der Waals surface area contributed by atoms with Crippen LogP contribution in [0.4, 0.5) is 0 Å². The molecule has 5 heteroatoms. The lowest BCUT2D eigenvalue weighted by Crippen LogP contribution is -2.34. The van der Waals surface area contributed by atoms with E-state index < -0.39 is 0 Å². The third-order valence-corrected chi connectivity index (χ3v) is 3.42. The molecule has 0 heterocycles. The first-order valence-corrected chi connectivity index (χ1v) is 7.38. The van der Waals surface area contributed by atoms with Crippen molar-refractivity contribution in [3.8, 4) is 5.75 Å². The molecule has 5 nitrogen and oxygen atoms in total. The predicted octanol–water partition coefficient (Wildman–Crippen LogP) is 2.16. The molecule has 0 radical (unpaired) electrons. The molecule has 0 saturated heterocycles. The molecule has 0 atom stereocenters. The highest BCUT2D eigenvalue weighted by Crippen LogP contribution is 2.12. The van der Waals surface area contributed by atoms with Crippen molar-refractivity contribution in [1.29, 1.82) is 0 Å². The van der Waals surface area contributed by atoms with Gasteiger partial charge in [-0.1, -0.05) is 24.3 Å². The Kier molecular flexibility index (Phi) is 5.74. The highest BCUT2D eigenvalue weighted by molar-refractivity contribution is 5.96. The molecule has 0 aliphatic carbocycles. The van der Waals surface area contributed by atoms with Crippen LogP contribution in [0.25, 0.3) is 0 Å². The van der Waals surface area contributed by atoms with Gasteiger partial charge in [-0.05, 0) is 36.8 Å². The van der Waals surface area contributed by atoms with E-state index in [1.54, 1.807) is 37.4 Å². The van der Waals surface area contributed by atoms with Crippen molar-refractivity contribution >= 4 is 11.8 Å². The van der Waals surface area contributed by atoms with Gasteiger partial charge in [0.25, 0.3) is 11.8 Å². The van der Waals surface area contributed by atoms with Gasteiger partial charge in [-0.2, -0.15) is 0 Å². The Bertz CT molecular complexity index is 698. The van der Waals surface area contributed by atoms with Gasteiger partial charge < -0.3 is 15.4 Å². The zero-order valence-electron chi connectivity index (χ0n) is 13.3. The molecule has 23 heavy (non-hydrogen) atoms. The van der Waals surface area contributed by atoms with Gasteiger partial charge in [0.1, 0.15) is 5.75 Å². The van der Waals surface area contributed by atoms with E-state index in [1.165, 1.54) is 0 Å². The van der Waals surface area contributed by atoms with Gasteiger partial charge in [-0.15, -0.1) is 0 Å². The van der Waals surface area contributed by atoms with Crippen molar-refractivity contribution in [1.82, 2.24) is 10.6 Å². The van der Waals surface area contributed by atoms with Gasteiger partial charge in [0, 0.05) is 24.2 Å². The predicted molar refractivity (Wildman–Crippen MR) is 88.8 cm³/mol. The molecule has 120 valence electrons. The van der Waals surface area contributed by atoms with Gasteiger partial charge in [-0.3, -0.25) is 9.59 Å². The average Bonchev–Trinajstić information content (AvgIpc) is 2.58. The van der Waals surface area contributed by atoms with Crippen LogP contribution in [0.2, 0.25) is 0 Å². The molecule has 0 aliphatic heterocycles. The standard InChI is InChI=1S/C18H20N2O3/c1-13-6-3-4-9-16(13)18(22)20-11-10-19-17(21)14-7-5-8-15(12-14)23-2/h3-9,12H,10-11H2,1-2H3,(H,19,21)(H,20,22). The highest BCUT2D eigenvalue weighted by Gasteiger charge is 2.08. The second-order valence-electron chi connectivity index (χ2n) is 5.06. The van der Waals surface area contributed by atoms with Crippen LogP contribution in [0.3, 0.4) is 0 Å². The third-order valence-electron chi connectivity index (χ3n) is 3.42. The Morgan fingerprint density at radius 1 is 0.957 bits per heavy atom. The van der Waals surface area contributed by atoms with Crippen LogP contribution in [0, 0.1) is 6.92 Å². The lowest BCUT2D eigenvalue weighted by molar-refractivity contribution is 0.0927. The number of amides is 2. The number of methoxy groups -OCH3 is 1. The van der Waals surface area contributed by atoms with Gasteiger partial charge in [0.15, 0.2) is 0 Å². The number of benzene rings is 2. The summed E-state index contributed by atoms with van der Waals surface area (Å²) in [6.45, 7) is 2.61. The number of hydrogen-bond donors (Lipinski definition) is 2. The summed E-state index contributed by atoms with van der Waals surface area (Å²) in [5.74, 6) is 0.290. The summed E-state index contributed by atoms with van der Waals surface area (Å²) in [5, 5.41) is 5.55. The molecule has 2 aromatic rings. The first kappa shape index (κ1) is 16.5. The van der Waals surface area contributed by atoms with Gasteiger partial charge in [-0.25, -0.2) is 0 Å². The number of rotatable bonds is 6. The second-order valence-corrected chi connectivity index (χ2v) is 5.06. The quantitative estimate of drug-likeness (QED) is 0.803. The third kappa shape index (κ3) is 4.57. The molecular weight excluding hydrogens is 292 g/mol. The summed E-state index contributed by atoms with van der Waals surface area (Å²) < 4.78 is 5.09. The Labute approximate surface area is 135 Å². The van der Waals surface area contributed by atoms with E-state index in [0.717, 1.165) is 5.56 Å². The van der Waals surface area contributed by atoms with Gasteiger partial charge in [0.05, 0.1) is 7.11 Å². The summed E-state index contributed by atoms with van der Waals surface area (Å²) in [6.07, 6.45) is 0. The molecule has 0 fully saturated rings. The topological polar surface area (TPSA) is 67.4 Å². The molecule has 0 unspecified atom stereocenters. The van der Waals surface area contributed by atoms with Crippen LogP contribution < -0.4 is 15.4 Å². The molecule has 0 saturated carbocycles. The van der Waals surface area contributed by atoms with Crippen LogP contribution in [-0.4, -0.2) is 32.0 Å². The highest BCUT2D eigenvalue weighted by atomic mass is 16.5. The van der Waals surface area contributed by atoms with Crippen molar-refractivity contribution in [3.63, 3.8) is 0 Å². The molecule has 2 N–H and O–H groups in total. The van der Waals surface area contributed by atoms with Gasteiger partial charge in [0.2, 0.25) is 0 Å². The number of aryl methyl sites for hydroxylation is 1. The fourth-order valence-corrected chi connectivity index (χ4v) is 2.14. The molecule has 2 aromatic carbocycles. The Balaban J connectivity index is 1.80. The lowest BCUT2D eigenvalue weighted by atomic mass is 10.1. The van der Waals surface area contributed by atoms with Crippen molar-refractivity contribution in [2.75, 3.05) is 20.2 Å². The van der Waals surface area contributed by atoms with Crippen LogP contribution in [0.1, 0.15) is 26.3 Å². The summed E-state index contributed by atoms with van der Waals surface area (Å²) in [6, 6.07) is 14.3. The SMILES string of the molecule is COc1cccc(C(=O)NCCNC(=O)c2ccccc2C)c1. The zero-order chi connectivity index (χ0) is 16.7. The van der Waals surface area contributed by atoms with E-state index in [0.29, 0.717) is 30.0 Å². The maximum Gasteiger partial charge on any atom is 0.251 e. The number of nitrogens with one attached hydrogen (secondary N) is 2. The smallest absolute Gasteiger partial charge is 0.251 e. The largest absolute Gasteiger partial charge is 0.497 e. The second kappa shape index (κ2) is 7.98. The Morgan fingerprint density at radius 3 is 2.35 bits per heavy atom. The first-order valence-electron chi connectivity index (χ1n) is 7.38. The lowest BCUT2D eigenvalue weighted by Gasteiger charge is -2.09. The van der Waals surface area contributed by atoms with Crippen LogP contribution >= 0.6 is 0 Å². The normalized spacial score (nSPS) is 10.0. The van der Waals surface area contributed by atoms with Crippen molar-refractivity contribution in [2.24, 2.45) is 0 Å². The summed E-state index contributed by atoms with van der Waals surface area (Å²) in [4.78, 5) is 24.0. The minimum atomic E-state index is -0.200. The molecule has 2 amide bonds. The van der Waals surface area contributed by atoms with Crippen molar-refractivity contribution in [2.45, 2.75) is 6.92 Å². The van der Waals surface area contributed by atoms with E-state index in [4.69, 9.17) is 4.74 Å². The monoisotopic (exact) mass is 312 g/mol. The van der Waals surface area contributed by atoms with E-state index in [2.05, 4.69) is 10.6 Å². The molecule has 2 rings (SSSR count). The van der Waals surface area contributed by atoms with Crippen molar-refractivity contribution in [3.05, 3.63) is 65.2 Å². The Morgan fingerprint density at radius 2 is 1.65 bits per heavy atom. The fraction of sp³-hybridized carbons (Fsp3) is 0.222. The molecule has 0 bridgehead atoms. The number of carbonyl (C=O) groups excluding carboxylic acids is 2. The maximum absolute atomic E-state index is 12.0. The molecular formula is C18H20N2O3. The molecule has 0 aromatic heterocycles.